The van der Waals surface area contributed by atoms with E-state index in [0.717, 1.165) is 26.3 Å². The number of piperidine rings is 1. The lowest BCUT2D eigenvalue weighted by molar-refractivity contribution is 0.0233. The molecule has 3 nitrogen and oxygen atoms in total. The largest absolute Gasteiger partial charge is 0.381 e. The summed E-state index contributed by atoms with van der Waals surface area (Å²) in [5.74, 6) is 0. The zero-order valence-electron chi connectivity index (χ0n) is 11.5. The van der Waals surface area contributed by atoms with E-state index in [-0.39, 0.29) is 0 Å². The van der Waals surface area contributed by atoms with E-state index in [0.29, 0.717) is 11.0 Å². The van der Waals surface area contributed by atoms with Crippen LogP contribution in [0, 0.1) is 5.41 Å². The van der Waals surface area contributed by atoms with E-state index in [4.69, 9.17) is 4.74 Å². The molecule has 1 unspecified atom stereocenters. The van der Waals surface area contributed by atoms with E-state index in [1.165, 1.54) is 38.6 Å². The average Bonchev–Trinajstić information content (AvgIpc) is 2.30. The normalized spacial score (nSPS) is 33.5. The van der Waals surface area contributed by atoms with Crippen LogP contribution in [0.15, 0.2) is 0 Å². The van der Waals surface area contributed by atoms with E-state index in [1.54, 1.807) is 0 Å². The molecule has 0 spiro atoms. The first kappa shape index (κ1) is 13.3. The van der Waals surface area contributed by atoms with Gasteiger partial charge in [-0.1, -0.05) is 13.3 Å². The molecule has 100 valence electrons. The summed E-state index contributed by atoms with van der Waals surface area (Å²) < 4.78 is 5.44. The molecule has 2 rings (SSSR count). The van der Waals surface area contributed by atoms with Gasteiger partial charge in [-0.05, 0) is 44.6 Å². The molecule has 2 aliphatic heterocycles. The highest BCUT2D eigenvalue weighted by atomic mass is 16.5. The number of ether oxygens (including phenoxy) is 1. The van der Waals surface area contributed by atoms with Crippen molar-refractivity contribution in [2.24, 2.45) is 5.41 Å². The molecular weight excluding hydrogens is 212 g/mol. The molecule has 0 aliphatic carbocycles. The molecule has 0 aromatic heterocycles. The maximum atomic E-state index is 5.44. The molecule has 2 N–H and O–H groups in total. The molecule has 17 heavy (non-hydrogen) atoms. The van der Waals surface area contributed by atoms with Gasteiger partial charge in [-0.25, -0.2) is 0 Å². The SMILES string of the molecule is CC1(CNCC2(C)CCCCN2)CCOCC1. The van der Waals surface area contributed by atoms with Crippen molar-refractivity contribution in [2.75, 3.05) is 32.8 Å². The van der Waals surface area contributed by atoms with Gasteiger partial charge in [-0.3, -0.25) is 0 Å². The molecule has 0 bridgehead atoms. The van der Waals surface area contributed by atoms with Crippen LogP contribution in [0.25, 0.3) is 0 Å². The Morgan fingerprint density at radius 2 is 1.82 bits per heavy atom. The second-order valence-corrected chi connectivity index (χ2v) is 6.47. The summed E-state index contributed by atoms with van der Waals surface area (Å²) in [5, 5.41) is 7.35. The number of hydrogen-bond acceptors (Lipinski definition) is 3. The Morgan fingerprint density at radius 3 is 2.47 bits per heavy atom. The Hall–Kier alpha value is -0.120. The highest BCUT2D eigenvalue weighted by Gasteiger charge is 2.29. The molecule has 2 fully saturated rings. The van der Waals surface area contributed by atoms with Gasteiger partial charge in [0.25, 0.3) is 0 Å². The summed E-state index contributed by atoms with van der Waals surface area (Å²) in [6.45, 7) is 10.0. The average molecular weight is 240 g/mol. The standard InChI is InChI=1S/C14H28N2O/c1-13(6-9-17-10-7-13)11-15-12-14(2)5-3-4-8-16-14/h15-16H,3-12H2,1-2H3. The van der Waals surface area contributed by atoms with E-state index in [9.17, 15) is 0 Å². The zero-order valence-corrected chi connectivity index (χ0v) is 11.5. The zero-order chi connectivity index (χ0) is 12.2. The molecule has 0 aromatic carbocycles. The lowest BCUT2D eigenvalue weighted by atomic mass is 9.82. The minimum Gasteiger partial charge on any atom is -0.381 e. The van der Waals surface area contributed by atoms with Gasteiger partial charge in [0, 0.05) is 31.8 Å². The third kappa shape index (κ3) is 3.94. The predicted molar refractivity (Wildman–Crippen MR) is 71.3 cm³/mol. The van der Waals surface area contributed by atoms with Crippen molar-refractivity contribution < 1.29 is 4.74 Å². The number of hydrogen-bond donors (Lipinski definition) is 2. The Kier molecular flexibility index (Phi) is 4.45. The van der Waals surface area contributed by atoms with Gasteiger partial charge < -0.3 is 15.4 Å². The second kappa shape index (κ2) is 5.68. The van der Waals surface area contributed by atoms with Crippen LogP contribution in [0.4, 0.5) is 0 Å². The van der Waals surface area contributed by atoms with Crippen molar-refractivity contribution in [1.29, 1.82) is 0 Å². The smallest absolute Gasteiger partial charge is 0.0471 e. The molecule has 2 aliphatic rings. The van der Waals surface area contributed by atoms with Crippen molar-refractivity contribution in [3.63, 3.8) is 0 Å². The van der Waals surface area contributed by atoms with E-state index >= 15 is 0 Å². The van der Waals surface area contributed by atoms with Crippen LogP contribution in [-0.2, 0) is 4.74 Å². The topological polar surface area (TPSA) is 33.3 Å². The third-order valence-corrected chi connectivity index (χ3v) is 4.47. The van der Waals surface area contributed by atoms with Crippen LogP contribution in [0.5, 0.6) is 0 Å². The summed E-state index contributed by atoms with van der Waals surface area (Å²) in [6.07, 6.45) is 6.41. The Labute approximate surface area is 106 Å². The Morgan fingerprint density at radius 1 is 1.06 bits per heavy atom. The second-order valence-electron chi connectivity index (χ2n) is 6.47. The first-order chi connectivity index (χ1) is 8.12. The lowest BCUT2D eigenvalue weighted by Gasteiger charge is -2.38. The first-order valence-electron chi connectivity index (χ1n) is 7.16. The Balaban J connectivity index is 1.70. The molecular formula is C14H28N2O. The van der Waals surface area contributed by atoms with E-state index < -0.39 is 0 Å². The van der Waals surface area contributed by atoms with Gasteiger partial charge in [0.15, 0.2) is 0 Å². The van der Waals surface area contributed by atoms with Gasteiger partial charge in [0.1, 0.15) is 0 Å². The molecule has 2 heterocycles. The summed E-state index contributed by atoms with van der Waals surface area (Å²) in [4.78, 5) is 0. The molecule has 0 amide bonds. The van der Waals surface area contributed by atoms with Gasteiger partial charge >= 0.3 is 0 Å². The maximum absolute atomic E-state index is 5.44. The van der Waals surface area contributed by atoms with Crippen molar-refractivity contribution in [3.05, 3.63) is 0 Å². The maximum Gasteiger partial charge on any atom is 0.0471 e. The number of nitrogens with one attached hydrogen (secondary N) is 2. The third-order valence-electron chi connectivity index (χ3n) is 4.47. The quantitative estimate of drug-likeness (QED) is 0.788. The summed E-state index contributed by atoms with van der Waals surface area (Å²) in [5.41, 5.74) is 0.767. The number of rotatable bonds is 4. The molecule has 2 saturated heterocycles. The van der Waals surface area contributed by atoms with Crippen LogP contribution in [0.1, 0.15) is 46.0 Å². The summed E-state index contributed by atoms with van der Waals surface area (Å²) in [7, 11) is 0. The Bertz CT molecular complexity index is 206. The van der Waals surface area contributed by atoms with Crippen molar-refractivity contribution >= 4 is 0 Å². The highest BCUT2D eigenvalue weighted by Crippen LogP contribution is 2.29. The van der Waals surface area contributed by atoms with Crippen LogP contribution in [-0.4, -0.2) is 38.4 Å². The van der Waals surface area contributed by atoms with Crippen LogP contribution in [0.3, 0.4) is 0 Å². The van der Waals surface area contributed by atoms with Crippen LogP contribution >= 0.6 is 0 Å². The van der Waals surface area contributed by atoms with Gasteiger partial charge in [-0.15, -0.1) is 0 Å². The molecule has 0 radical (unpaired) electrons. The predicted octanol–water partition coefficient (Wildman–Crippen LogP) is 1.92. The summed E-state index contributed by atoms with van der Waals surface area (Å²) in [6, 6.07) is 0. The van der Waals surface area contributed by atoms with Crippen LogP contribution < -0.4 is 10.6 Å². The van der Waals surface area contributed by atoms with Crippen LogP contribution in [0.2, 0.25) is 0 Å². The fraction of sp³-hybridized carbons (Fsp3) is 1.00. The molecule has 0 aromatic rings. The molecule has 0 saturated carbocycles. The van der Waals surface area contributed by atoms with Gasteiger partial charge in [-0.2, -0.15) is 0 Å². The van der Waals surface area contributed by atoms with Gasteiger partial charge in [0.05, 0.1) is 0 Å². The highest BCUT2D eigenvalue weighted by molar-refractivity contribution is 4.90. The van der Waals surface area contributed by atoms with Crippen molar-refractivity contribution in [1.82, 2.24) is 10.6 Å². The fourth-order valence-electron chi connectivity index (χ4n) is 2.95. The van der Waals surface area contributed by atoms with Crippen molar-refractivity contribution in [3.8, 4) is 0 Å². The lowest BCUT2D eigenvalue weighted by Crippen LogP contribution is -2.54. The first-order valence-corrected chi connectivity index (χ1v) is 7.16. The minimum absolute atomic E-state index is 0.319. The minimum atomic E-state index is 0.319. The van der Waals surface area contributed by atoms with Gasteiger partial charge in [0.2, 0.25) is 0 Å². The van der Waals surface area contributed by atoms with Crippen molar-refractivity contribution in [2.45, 2.75) is 51.5 Å². The summed E-state index contributed by atoms with van der Waals surface area (Å²) >= 11 is 0. The van der Waals surface area contributed by atoms with E-state index in [2.05, 4.69) is 24.5 Å². The monoisotopic (exact) mass is 240 g/mol. The fourth-order valence-corrected chi connectivity index (χ4v) is 2.95. The van der Waals surface area contributed by atoms with E-state index in [1.807, 2.05) is 0 Å². The molecule has 1 atom stereocenters. The molecule has 3 heteroatoms.